The standard InChI is InChI=1S/C29H44O12/c1-13-6-5-7-14-24(13)37-12-17-28(2,3)18(8-9-29(14,17)4)40-26-23(36)21(34)25(16(11-31)39-26)41-27-22(35)20(33)19(32)15(10-30)38-27/h5-7,15-23,25-27,30-36H,8-12H2,1-4H3/t15-,16-,17-,18+,19+,20+,21-,22-,23-,25-,26+,27+,29-/m1/s1. The van der Waals surface area contributed by atoms with Crippen molar-refractivity contribution in [2.45, 2.75) is 113 Å². The molecule has 7 N–H and O–H groups in total. The Morgan fingerprint density at radius 2 is 1.46 bits per heavy atom. The number of aliphatic hydroxyl groups excluding tert-OH is 7. The van der Waals surface area contributed by atoms with Gasteiger partial charge in [0.05, 0.1) is 25.9 Å². The van der Waals surface area contributed by atoms with Gasteiger partial charge in [0.1, 0.15) is 54.6 Å². The van der Waals surface area contributed by atoms with Crippen LogP contribution in [0.2, 0.25) is 0 Å². The average molecular weight is 585 g/mol. The Morgan fingerprint density at radius 3 is 2.15 bits per heavy atom. The van der Waals surface area contributed by atoms with Crippen molar-refractivity contribution < 1.29 is 59.4 Å². The minimum absolute atomic E-state index is 0.0876. The molecule has 0 bridgehead atoms. The van der Waals surface area contributed by atoms with E-state index < -0.39 is 80.0 Å². The number of aliphatic hydroxyl groups is 7. The van der Waals surface area contributed by atoms with Crippen molar-refractivity contribution in [2.24, 2.45) is 11.3 Å². The van der Waals surface area contributed by atoms with Gasteiger partial charge in [0.25, 0.3) is 0 Å². The molecular formula is C29H44O12. The lowest BCUT2D eigenvalue weighted by atomic mass is 9.52. The Kier molecular flexibility index (Phi) is 8.76. The van der Waals surface area contributed by atoms with Crippen LogP contribution in [0.15, 0.2) is 18.2 Å². The molecular weight excluding hydrogens is 540 g/mol. The normalized spacial score (nSPS) is 45.8. The Balaban J connectivity index is 1.30. The summed E-state index contributed by atoms with van der Waals surface area (Å²) in [7, 11) is 0. The van der Waals surface area contributed by atoms with Gasteiger partial charge < -0.3 is 59.4 Å². The zero-order valence-corrected chi connectivity index (χ0v) is 23.9. The van der Waals surface area contributed by atoms with Gasteiger partial charge in [-0.2, -0.15) is 0 Å². The first-order valence-corrected chi connectivity index (χ1v) is 14.3. The topological polar surface area (TPSA) is 188 Å². The first-order chi connectivity index (χ1) is 19.3. The SMILES string of the molecule is Cc1cccc2c1OC[C@@H]1C(C)(C)[C@@H](O[C@@H]3O[C@H](CO)[C@@H](O[C@@H]4O[C@H](CO)[C@H](O)[C@H](O)[C@H]4O)[C@H](O)[C@H]3O)CC[C@]21C. The van der Waals surface area contributed by atoms with Crippen molar-refractivity contribution in [2.75, 3.05) is 19.8 Å². The maximum absolute atomic E-state index is 11.0. The fourth-order valence-electron chi connectivity index (χ4n) is 7.28. The van der Waals surface area contributed by atoms with Crippen molar-refractivity contribution in [3.63, 3.8) is 0 Å². The quantitative estimate of drug-likeness (QED) is 0.219. The summed E-state index contributed by atoms with van der Waals surface area (Å²) in [6.07, 6.45) is -13.8. The number of fused-ring (bicyclic) bond motifs is 3. The monoisotopic (exact) mass is 584 g/mol. The summed E-state index contributed by atoms with van der Waals surface area (Å²) in [4.78, 5) is 0. The van der Waals surface area contributed by atoms with E-state index in [9.17, 15) is 35.7 Å². The van der Waals surface area contributed by atoms with E-state index in [4.69, 9.17) is 23.7 Å². The van der Waals surface area contributed by atoms with Gasteiger partial charge in [-0.25, -0.2) is 0 Å². The van der Waals surface area contributed by atoms with E-state index in [0.29, 0.717) is 13.0 Å². The lowest BCUT2D eigenvalue weighted by molar-refractivity contribution is -0.367. The van der Waals surface area contributed by atoms with Crippen molar-refractivity contribution in [1.29, 1.82) is 0 Å². The van der Waals surface area contributed by atoms with Gasteiger partial charge in [0.2, 0.25) is 0 Å². The van der Waals surface area contributed by atoms with E-state index in [1.165, 1.54) is 5.56 Å². The number of rotatable bonds is 6. The minimum atomic E-state index is -1.73. The summed E-state index contributed by atoms with van der Waals surface area (Å²) in [5, 5.41) is 72.1. The molecule has 0 unspecified atom stereocenters. The summed E-state index contributed by atoms with van der Waals surface area (Å²) in [5.74, 6) is 1.02. The predicted octanol–water partition coefficient (Wildman–Crippen LogP) is -0.909. The van der Waals surface area contributed by atoms with E-state index >= 15 is 0 Å². The van der Waals surface area contributed by atoms with Crippen LogP contribution in [0.25, 0.3) is 0 Å². The molecule has 3 heterocycles. The first-order valence-electron chi connectivity index (χ1n) is 14.3. The molecule has 4 aliphatic rings. The summed E-state index contributed by atoms with van der Waals surface area (Å²) < 4.78 is 29.5. The molecule has 13 atom stereocenters. The zero-order chi connectivity index (χ0) is 29.9. The Bertz CT molecular complexity index is 1060. The van der Waals surface area contributed by atoms with Crippen LogP contribution in [0, 0.1) is 18.3 Å². The van der Waals surface area contributed by atoms with Crippen LogP contribution in [0.5, 0.6) is 5.75 Å². The molecule has 12 nitrogen and oxygen atoms in total. The van der Waals surface area contributed by atoms with Crippen LogP contribution >= 0.6 is 0 Å². The van der Waals surface area contributed by atoms with E-state index in [2.05, 4.69) is 26.8 Å². The predicted molar refractivity (Wildman–Crippen MR) is 142 cm³/mol. The molecule has 0 radical (unpaired) electrons. The molecule has 0 amide bonds. The fourth-order valence-corrected chi connectivity index (χ4v) is 7.28. The third-order valence-electron chi connectivity index (χ3n) is 9.90. The van der Waals surface area contributed by atoms with E-state index in [1.54, 1.807) is 0 Å². The second-order valence-electron chi connectivity index (χ2n) is 12.7. The lowest BCUT2D eigenvalue weighted by Crippen LogP contribution is -2.65. The molecule has 12 heteroatoms. The number of ether oxygens (including phenoxy) is 5. The molecule has 3 aliphatic heterocycles. The Hall–Kier alpha value is -1.42. The van der Waals surface area contributed by atoms with Gasteiger partial charge in [-0.05, 0) is 30.7 Å². The molecule has 3 fully saturated rings. The second-order valence-corrected chi connectivity index (χ2v) is 12.7. The van der Waals surface area contributed by atoms with Crippen LogP contribution < -0.4 is 4.74 Å². The molecule has 2 saturated heterocycles. The van der Waals surface area contributed by atoms with Crippen molar-refractivity contribution >= 4 is 0 Å². The maximum Gasteiger partial charge on any atom is 0.187 e. The molecule has 5 rings (SSSR count). The maximum atomic E-state index is 11.0. The number of aryl methyl sites for hydroxylation is 1. The highest BCUT2D eigenvalue weighted by molar-refractivity contribution is 5.48. The molecule has 1 aromatic carbocycles. The van der Waals surface area contributed by atoms with Gasteiger partial charge in [0.15, 0.2) is 12.6 Å². The molecule has 1 aliphatic carbocycles. The van der Waals surface area contributed by atoms with Gasteiger partial charge in [-0.3, -0.25) is 0 Å². The van der Waals surface area contributed by atoms with Crippen molar-refractivity contribution in [1.82, 2.24) is 0 Å². The highest BCUT2D eigenvalue weighted by Gasteiger charge is 2.57. The first kappa shape index (κ1) is 31.0. The highest BCUT2D eigenvalue weighted by Crippen LogP contribution is 2.57. The third kappa shape index (κ3) is 5.21. The summed E-state index contributed by atoms with van der Waals surface area (Å²) in [6.45, 7) is 7.73. The highest BCUT2D eigenvalue weighted by atomic mass is 16.7. The van der Waals surface area contributed by atoms with Gasteiger partial charge in [-0.1, -0.05) is 39.0 Å². The molecule has 1 aromatic rings. The molecule has 0 aromatic heterocycles. The number of hydrogen-bond donors (Lipinski definition) is 7. The smallest absolute Gasteiger partial charge is 0.187 e. The summed E-state index contributed by atoms with van der Waals surface area (Å²) in [6, 6.07) is 6.21. The summed E-state index contributed by atoms with van der Waals surface area (Å²) in [5.41, 5.74) is 1.72. The minimum Gasteiger partial charge on any atom is -0.493 e. The van der Waals surface area contributed by atoms with Gasteiger partial charge >= 0.3 is 0 Å². The lowest BCUT2D eigenvalue weighted by Gasteiger charge is -2.57. The van der Waals surface area contributed by atoms with Crippen LogP contribution in [-0.4, -0.2) is 123 Å². The van der Waals surface area contributed by atoms with Gasteiger partial charge in [0, 0.05) is 16.9 Å². The Labute approximate surface area is 239 Å². The third-order valence-corrected chi connectivity index (χ3v) is 9.90. The molecule has 1 saturated carbocycles. The van der Waals surface area contributed by atoms with E-state index in [1.807, 2.05) is 19.1 Å². The van der Waals surface area contributed by atoms with Crippen LogP contribution in [0.1, 0.15) is 44.7 Å². The van der Waals surface area contributed by atoms with Crippen LogP contribution in [-0.2, 0) is 24.4 Å². The Morgan fingerprint density at radius 1 is 0.829 bits per heavy atom. The second kappa shape index (κ2) is 11.6. The van der Waals surface area contributed by atoms with Gasteiger partial charge in [-0.15, -0.1) is 0 Å². The van der Waals surface area contributed by atoms with Crippen LogP contribution in [0.4, 0.5) is 0 Å². The largest absolute Gasteiger partial charge is 0.493 e. The zero-order valence-electron chi connectivity index (χ0n) is 23.9. The molecule has 0 spiro atoms. The van der Waals surface area contributed by atoms with Crippen molar-refractivity contribution in [3.8, 4) is 5.75 Å². The average Bonchev–Trinajstić information content (AvgIpc) is 2.94. The fraction of sp³-hybridized carbons (Fsp3) is 0.793. The number of benzene rings is 1. The van der Waals surface area contributed by atoms with Crippen molar-refractivity contribution in [3.05, 3.63) is 29.3 Å². The summed E-state index contributed by atoms with van der Waals surface area (Å²) >= 11 is 0. The van der Waals surface area contributed by atoms with E-state index in [0.717, 1.165) is 17.7 Å². The van der Waals surface area contributed by atoms with Crippen LogP contribution in [0.3, 0.4) is 0 Å². The van der Waals surface area contributed by atoms with E-state index in [-0.39, 0.29) is 17.4 Å². The number of hydrogen-bond acceptors (Lipinski definition) is 12. The molecule has 232 valence electrons. The molecule has 41 heavy (non-hydrogen) atoms. The number of para-hydroxylation sites is 1.